The average molecular weight is 383 g/mol. The van der Waals surface area contributed by atoms with Gasteiger partial charge in [0.2, 0.25) is 0 Å². The number of esters is 1. The number of hydrogen-bond donors (Lipinski definition) is 1. The van der Waals surface area contributed by atoms with E-state index in [2.05, 4.69) is 15.0 Å². The van der Waals surface area contributed by atoms with Crippen LogP contribution in [0.3, 0.4) is 0 Å². The molecule has 1 aromatic carbocycles. The summed E-state index contributed by atoms with van der Waals surface area (Å²) in [5.41, 5.74) is 9.02. The number of nitrogens with two attached hydrogens (primary N) is 1. The summed E-state index contributed by atoms with van der Waals surface area (Å²) in [5.74, 6) is 0.673. The predicted octanol–water partition coefficient (Wildman–Crippen LogP) is 2.93. The average Bonchev–Trinajstić information content (AvgIpc) is 3.05. The highest BCUT2D eigenvalue weighted by atomic mass is 16.5. The molecule has 0 aliphatic carbocycles. The van der Waals surface area contributed by atoms with E-state index in [4.69, 9.17) is 15.2 Å². The van der Waals surface area contributed by atoms with Gasteiger partial charge in [0.05, 0.1) is 19.8 Å². The van der Waals surface area contributed by atoms with Crippen LogP contribution in [0.2, 0.25) is 0 Å². The number of nitrogens with zero attached hydrogens (tertiary/aromatic N) is 4. The summed E-state index contributed by atoms with van der Waals surface area (Å²) in [6, 6.07) is 8.05. The van der Waals surface area contributed by atoms with E-state index in [1.54, 1.807) is 19.2 Å². The van der Waals surface area contributed by atoms with Crippen LogP contribution in [0.15, 0.2) is 24.3 Å². The summed E-state index contributed by atoms with van der Waals surface area (Å²) in [6.07, 6.45) is 4.01. The number of unbranched alkanes of at least 4 members (excludes halogenated alkanes) is 2. The Hall–Kier alpha value is -3.16. The number of fused-ring (bicyclic) bond motifs is 1. The molecular weight excluding hydrogens is 358 g/mol. The molecule has 2 aromatic heterocycles. The van der Waals surface area contributed by atoms with Gasteiger partial charge in [-0.05, 0) is 43.9 Å². The van der Waals surface area contributed by atoms with Crippen LogP contribution in [0, 0.1) is 6.92 Å². The molecule has 2 heterocycles. The van der Waals surface area contributed by atoms with Crippen LogP contribution in [0.4, 0.5) is 5.82 Å². The van der Waals surface area contributed by atoms with Crippen molar-refractivity contribution >= 4 is 23.0 Å². The largest absolute Gasteiger partial charge is 0.468 e. The third-order valence-corrected chi connectivity index (χ3v) is 4.60. The van der Waals surface area contributed by atoms with Crippen LogP contribution in [0.5, 0.6) is 6.01 Å². The van der Waals surface area contributed by atoms with Gasteiger partial charge in [-0.25, -0.2) is 14.8 Å². The Labute approximate surface area is 163 Å². The smallest absolute Gasteiger partial charge is 0.337 e. The molecule has 0 spiro atoms. The number of imidazole rings is 1. The molecule has 0 bridgehead atoms. The monoisotopic (exact) mass is 383 g/mol. The lowest BCUT2D eigenvalue weighted by Crippen LogP contribution is -2.04. The third-order valence-electron chi connectivity index (χ3n) is 4.60. The second kappa shape index (κ2) is 8.69. The number of anilines is 1. The molecule has 0 saturated heterocycles. The van der Waals surface area contributed by atoms with Crippen molar-refractivity contribution in [2.45, 2.75) is 39.2 Å². The Morgan fingerprint density at radius 1 is 1.07 bits per heavy atom. The molecule has 0 saturated carbocycles. The lowest BCUT2D eigenvalue weighted by molar-refractivity contribution is 0.0600. The van der Waals surface area contributed by atoms with Crippen LogP contribution >= 0.6 is 0 Å². The van der Waals surface area contributed by atoms with Gasteiger partial charge in [-0.3, -0.25) is 4.57 Å². The molecular formula is C20H25N5O3. The summed E-state index contributed by atoms with van der Waals surface area (Å²) >= 11 is 0. The van der Waals surface area contributed by atoms with Crippen LogP contribution < -0.4 is 10.5 Å². The molecule has 0 amide bonds. The molecule has 3 aromatic rings. The first-order chi connectivity index (χ1) is 13.5. The fraction of sp³-hybridized carbons (Fsp3) is 0.400. The van der Waals surface area contributed by atoms with Crippen molar-refractivity contribution in [2.75, 3.05) is 20.0 Å². The Morgan fingerprint density at radius 2 is 1.82 bits per heavy atom. The van der Waals surface area contributed by atoms with Gasteiger partial charge < -0.3 is 15.2 Å². The molecule has 2 N–H and O–H groups in total. The molecule has 0 unspecified atom stereocenters. The van der Waals surface area contributed by atoms with E-state index in [9.17, 15) is 4.79 Å². The van der Waals surface area contributed by atoms with Gasteiger partial charge in [0.25, 0.3) is 6.01 Å². The number of rotatable bonds is 8. The van der Waals surface area contributed by atoms with Crippen molar-refractivity contribution in [3.63, 3.8) is 0 Å². The SMILES string of the molecule is COC(=O)c1ccc(CCCCCn2c(OC)nc3c(N)nc(C)nc32)cc1. The summed E-state index contributed by atoms with van der Waals surface area (Å²) in [7, 11) is 2.97. The zero-order chi connectivity index (χ0) is 20.1. The van der Waals surface area contributed by atoms with Gasteiger partial charge in [-0.15, -0.1) is 0 Å². The number of carbonyl (C=O) groups is 1. The number of aryl methyl sites for hydroxylation is 3. The van der Waals surface area contributed by atoms with Crippen molar-refractivity contribution in [2.24, 2.45) is 0 Å². The summed E-state index contributed by atoms with van der Waals surface area (Å²) < 4.78 is 12.0. The van der Waals surface area contributed by atoms with Crippen LogP contribution in [-0.4, -0.2) is 39.7 Å². The number of methoxy groups -OCH3 is 2. The minimum Gasteiger partial charge on any atom is -0.468 e. The standard InChI is InChI=1S/C20H25N5O3/c1-13-22-17(21)16-18(23-13)25(20(24-16)28-3)12-6-4-5-7-14-8-10-15(11-9-14)19(26)27-2/h8-11H,4-7,12H2,1-3H3,(H2,21,22,23). The Balaban J connectivity index is 1.56. The number of hydrogen-bond acceptors (Lipinski definition) is 7. The lowest BCUT2D eigenvalue weighted by Gasteiger charge is -2.08. The molecule has 0 aliphatic heterocycles. The first kappa shape index (κ1) is 19.6. The van der Waals surface area contributed by atoms with Gasteiger partial charge in [-0.2, -0.15) is 4.98 Å². The van der Waals surface area contributed by atoms with E-state index in [0.29, 0.717) is 34.4 Å². The fourth-order valence-electron chi connectivity index (χ4n) is 3.17. The highest BCUT2D eigenvalue weighted by Crippen LogP contribution is 2.24. The number of aromatic nitrogens is 4. The van der Waals surface area contributed by atoms with Crippen LogP contribution in [-0.2, 0) is 17.7 Å². The van der Waals surface area contributed by atoms with Crippen molar-refractivity contribution < 1.29 is 14.3 Å². The molecule has 3 rings (SSSR count). The predicted molar refractivity (Wildman–Crippen MR) is 106 cm³/mol. The van der Waals surface area contributed by atoms with E-state index < -0.39 is 0 Å². The maximum atomic E-state index is 11.5. The van der Waals surface area contributed by atoms with E-state index in [1.165, 1.54) is 12.7 Å². The van der Waals surface area contributed by atoms with Crippen molar-refractivity contribution in [3.8, 4) is 6.01 Å². The fourth-order valence-corrected chi connectivity index (χ4v) is 3.17. The third kappa shape index (κ3) is 4.21. The first-order valence-corrected chi connectivity index (χ1v) is 9.25. The minimum absolute atomic E-state index is 0.312. The second-order valence-electron chi connectivity index (χ2n) is 6.58. The topological polar surface area (TPSA) is 105 Å². The molecule has 0 radical (unpaired) electrons. The number of carbonyl (C=O) groups excluding carboxylic acids is 1. The Kier molecular flexibility index (Phi) is 6.08. The van der Waals surface area contributed by atoms with Crippen molar-refractivity contribution in [1.82, 2.24) is 19.5 Å². The van der Waals surface area contributed by atoms with Crippen LogP contribution in [0.25, 0.3) is 11.2 Å². The Morgan fingerprint density at radius 3 is 2.50 bits per heavy atom. The zero-order valence-corrected chi connectivity index (χ0v) is 16.4. The first-order valence-electron chi connectivity index (χ1n) is 9.25. The molecule has 0 atom stereocenters. The van der Waals surface area contributed by atoms with Gasteiger partial charge >= 0.3 is 5.97 Å². The quantitative estimate of drug-likeness (QED) is 0.471. The summed E-state index contributed by atoms with van der Waals surface area (Å²) in [6.45, 7) is 2.56. The molecule has 28 heavy (non-hydrogen) atoms. The van der Waals surface area contributed by atoms with E-state index in [-0.39, 0.29) is 5.97 Å². The van der Waals surface area contributed by atoms with Crippen molar-refractivity contribution in [3.05, 3.63) is 41.2 Å². The minimum atomic E-state index is -0.312. The molecule has 8 nitrogen and oxygen atoms in total. The maximum Gasteiger partial charge on any atom is 0.337 e. The number of nitrogen functional groups attached to an aromatic ring is 1. The van der Waals surface area contributed by atoms with Crippen LogP contribution in [0.1, 0.15) is 41.0 Å². The maximum absolute atomic E-state index is 11.5. The van der Waals surface area contributed by atoms with Crippen molar-refractivity contribution in [1.29, 1.82) is 0 Å². The van der Waals surface area contributed by atoms with E-state index >= 15 is 0 Å². The zero-order valence-electron chi connectivity index (χ0n) is 16.4. The Bertz CT molecular complexity index is 966. The normalized spacial score (nSPS) is 11.0. The van der Waals surface area contributed by atoms with E-state index in [1.807, 2.05) is 23.6 Å². The molecule has 0 aliphatic rings. The van der Waals surface area contributed by atoms with E-state index in [0.717, 1.165) is 32.2 Å². The summed E-state index contributed by atoms with van der Waals surface area (Å²) in [5, 5.41) is 0. The highest BCUT2D eigenvalue weighted by molar-refractivity contribution is 5.89. The number of ether oxygens (including phenoxy) is 2. The molecule has 148 valence electrons. The highest BCUT2D eigenvalue weighted by Gasteiger charge is 2.16. The molecule has 8 heteroatoms. The lowest BCUT2D eigenvalue weighted by atomic mass is 10.1. The number of benzene rings is 1. The molecule has 0 fully saturated rings. The van der Waals surface area contributed by atoms with Gasteiger partial charge in [0.1, 0.15) is 5.82 Å². The van der Waals surface area contributed by atoms with Gasteiger partial charge in [0.15, 0.2) is 17.0 Å². The van der Waals surface area contributed by atoms with Gasteiger partial charge in [0, 0.05) is 6.54 Å². The summed E-state index contributed by atoms with van der Waals surface area (Å²) in [4.78, 5) is 24.5. The second-order valence-corrected chi connectivity index (χ2v) is 6.58. The van der Waals surface area contributed by atoms with Gasteiger partial charge in [-0.1, -0.05) is 18.6 Å².